The highest BCUT2D eigenvalue weighted by Crippen LogP contribution is 2.33. The number of carbonyl (C=O) groups excluding carboxylic acids is 1. The third-order valence-corrected chi connectivity index (χ3v) is 3.55. The summed E-state index contributed by atoms with van der Waals surface area (Å²) in [5.74, 6) is 0. The molecule has 1 aliphatic heterocycles. The van der Waals surface area contributed by atoms with Crippen molar-refractivity contribution >= 4 is 23.3 Å². The van der Waals surface area contributed by atoms with Crippen molar-refractivity contribution < 1.29 is 18.0 Å². The molecular formula is C13H15ClF3N3O. The maximum absolute atomic E-state index is 12.6. The molecule has 21 heavy (non-hydrogen) atoms. The fourth-order valence-electron chi connectivity index (χ4n) is 2.11. The van der Waals surface area contributed by atoms with Crippen LogP contribution < -0.4 is 16.0 Å². The van der Waals surface area contributed by atoms with Gasteiger partial charge in [-0.2, -0.15) is 13.2 Å². The number of carbonyl (C=O) groups is 1. The van der Waals surface area contributed by atoms with Crippen molar-refractivity contribution in [2.75, 3.05) is 18.4 Å². The van der Waals surface area contributed by atoms with Gasteiger partial charge in [-0.1, -0.05) is 11.6 Å². The van der Waals surface area contributed by atoms with E-state index in [1.165, 1.54) is 0 Å². The largest absolute Gasteiger partial charge is 0.416 e. The molecule has 2 rings (SSSR count). The Kier molecular flexibility index (Phi) is 4.95. The summed E-state index contributed by atoms with van der Waals surface area (Å²) in [6.07, 6.45) is -2.92. The number of alkyl halides is 3. The van der Waals surface area contributed by atoms with Crippen LogP contribution in [-0.2, 0) is 6.18 Å². The fraction of sp³-hybridized carbons (Fsp3) is 0.462. The van der Waals surface area contributed by atoms with Crippen molar-refractivity contribution in [3.05, 3.63) is 28.8 Å². The zero-order valence-corrected chi connectivity index (χ0v) is 11.8. The van der Waals surface area contributed by atoms with Crippen LogP contribution in [0, 0.1) is 0 Å². The number of piperidine rings is 1. The van der Waals surface area contributed by atoms with Crippen molar-refractivity contribution in [1.29, 1.82) is 0 Å². The van der Waals surface area contributed by atoms with Gasteiger partial charge in [0.2, 0.25) is 0 Å². The summed E-state index contributed by atoms with van der Waals surface area (Å²) in [5, 5.41) is 8.30. The number of nitrogens with one attached hydrogen (secondary N) is 3. The average Bonchev–Trinajstić information content (AvgIpc) is 2.41. The van der Waals surface area contributed by atoms with Crippen LogP contribution >= 0.6 is 11.6 Å². The van der Waals surface area contributed by atoms with E-state index in [0.717, 1.165) is 44.1 Å². The van der Waals surface area contributed by atoms with Gasteiger partial charge in [0, 0.05) is 6.04 Å². The van der Waals surface area contributed by atoms with Crippen LogP contribution in [0.2, 0.25) is 5.02 Å². The maximum atomic E-state index is 12.6. The second kappa shape index (κ2) is 6.53. The third-order valence-electron chi connectivity index (χ3n) is 3.22. The first-order chi connectivity index (χ1) is 9.86. The minimum absolute atomic E-state index is 0.0100. The van der Waals surface area contributed by atoms with E-state index < -0.39 is 17.8 Å². The number of rotatable bonds is 2. The molecular weight excluding hydrogens is 307 g/mol. The Morgan fingerprint density at radius 3 is 2.57 bits per heavy atom. The number of urea groups is 1. The quantitative estimate of drug-likeness (QED) is 0.783. The third kappa shape index (κ3) is 4.50. The average molecular weight is 322 g/mol. The van der Waals surface area contributed by atoms with Crippen LogP contribution in [0.5, 0.6) is 0 Å². The van der Waals surface area contributed by atoms with E-state index in [4.69, 9.17) is 11.6 Å². The highest BCUT2D eigenvalue weighted by Gasteiger charge is 2.31. The molecule has 0 spiro atoms. The highest BCUT2D eigenvalue weighted by molar-refractivity contribution is 6.33. The number of halogens is 4. The number of amides is 2. The van der Waals surface area contributed by atoms with Gasteiger partial charge >= 0.3 is 12.2 Å². The van der Waals surface area contributed by atoms with E-state index in [1.54, 1.807) is 0 Å². The van der Waals surface area contributed by atoms with Crippen molar-refractivity contribution in [3.8, 4) is 0 Å². The summed E-state index contributed by atoms with van der Waals surface area (Å²) >= 11 is 5.81. The van der Waals surface area contributed by atoms with Gasteiger partial charge in [-0.05, 0) is 44.1 Å². The first-order valence-corrected chi connectivity index (χ1v) is 6.89. The first-order valence-electron chi connectivity index (χ1n) is 6.51. The molecule has 2 amide bonds. The molecule has 1 saturated heterocycles. The lowest BCUT2D eigenvalue weighted by molar-refractivity contribution is -0.137. The van der Waals surface area contributed by atoms with E-state index in [2.05, 4.69) is 16.0 Å². The molecule has 3 N–H and O–H groups in total. The standard InChI is InChI=1S/C13H15ClF3N3O/c14-10-2-1-8(13(15,16)17)7-11(10)20-12(21)19-9-3-5-18-6-4-9/h1-2,7,9,18H,3-6H2,(H2,19,20,21). The van der Waals surface area contributed by atoms with Crippen LogP contribution in [0.15, 0.2) is 18.2 Å². The van der Waals surface area contributed by atoms with E-state index in [0.29, 0.717) is 0 Å². The Hall–Kier alpha value is -1.47. The fourth-order valence-corrected chi connectivity index (χ4v) is 2.27. The maximum Gasteiger partial charge on any atom is 0.416 e. The van der Waals surface area contributed by atoms with Gasteiger partial charge in [-0.25, -0.2) is 4.79 Å². The van der Waals surface area contributed by atoms with Crippen molar-refractivity contribution in [2.24, 2.45) is 0 Å². The SMILES string of the molecule is O=C(Nc1cc(C(F)(F)F)ccc1Cl)NC1CCNCC1. The van der Waals surface area contributed by atoms with Crippen molar-refractivity contribution in [1.82, 2.24) is 10.6 Å². The molecule has 1 fully saturated rings. The molecule has 8 heteroatoms. The lowest BCUT2D eigenvalue weighted by Crippen LogP contribution is -2.44. The molecule has 0 atom stereocenters. The zero-order valence-electron chi connectivity index (χ0n) is 11.1. The lowest BCUT2D eigenvalue weighted by atomic mass is 10.1. The molecule has 1 aliphatic rings. The molecule has 1 aromatic carbocycles. The molecule has 1 aromatic rings. The van der Waals surface area contributed by atoms with E-state index in [-0.39, 0.29) is 16.8 Å². The predicted octanol–water partition coefficient (Wildman–Crippen LogP) is 3.23. The van der Waals surface area contributed by atoms with Crippen LogP contribution in [0.25, 0.3) is 0 Å². The lowest BCUT2D eigenvalue weighted by Gasteiger charge is -2.24. The predicted molar refractivity (Wildman–Crippen MR) is 74.5 cm³/mol. The van der Waals surface area contributed by atoms with Crippen LogP contribution in [0.3, 0.4) is 0 Å². The Labute approximate surface area is 125 Å². The van der Waals surface area contributed by atoms with E-state index >= 15 is 0 Å². The molecule has 116 valence electrons. The van der Waals surface area contributed by atoms with Gasteiger partial charge in [0.1, 0.15) is 0 Å². The summed E-state index contributed by atoms with van der Waals surface area (Å²) in [7, 11) is 0. The van der Waals surface area contributed by atoms with Gasteiger partial charge in [0.15, 0.2) is 0 Å². The van der Waals surface area contributed by atoms with Crippen LogP contribution in [0.4, 0.5) is 23.7 Å². The normalized spacial score (nSPS) is 16.6. The van der Waals surface area contributed by atoms with Crippen LogP contribution in [0.1, 0.15) is 18.4 Å². The molecule has 1 heterocycles. The van der Waals surface area contributed by atoms with Gasteiger partial charge in [0.05, 0.1) is 16.3 Å². The minimum Gasteiger partial charge on any atom is -0.335 e. The first kappa shape index (κ1) is 15.9. The summed E-state index contributed by atoms with van der Waals surface area (Å²) in [4.78, 5) is 11.8. The second-order valence-corrected chi connectivity index (χ2v) is 5.22. The second-order valence-electron chi connectivity index (χ2n) is 4.82. The van der Waals surface area contributed by atoms with Crippen LogP contribution in [-0.4, -0.2) is 25.2 Å². The Morgan fingerprint density at radius 2 is 1.95 bits per heavy atom. The summed E-state index contributed by atoms with van der Waals surface area (Å²) in [6.45, 7) is 1.60. The van der Waals surface area contributed by atoms with Crippen molar-refractivity contribution in [3.63, 3.8) is 0 Å². The molecule has 0 saturated carbocycles. The van der Waals surface area contributed by atoms with E-state index in [1.807, 2.05) is 0 Å². The summed E-state index contributed by atoms with van der Waals surface area (Å²) in [6, 6.07) is 2.27. The Balaban J connectivity index is 2.02. The smallest absolute Gasteiger partial charge is 0.335 e. The Morgan fingerprint density at radius 1 is 1.29 bits per heavy atom. The molecule has 0 aliphatic carbocycles. The highest BCUT2D eigenvalue weighted by atomic mass is 35.5. The number of hydrogen-bond acceptors (Lipinski definition) is 2. The van der Waals surface area contributed by atoms with Gasteiger partial charge in [-0.3, -0.25) is 0 Å². The van der Waals surface area contributed by atoms with E-state index in [9.17, 15) is 18.0 Å². The number of benzene rings is 1. The molecule has 0 bridgehead atoms. The summed E-state index contributed by atoms with van der Waals surface area (Å²) < 4.78 is 37.9. The zero-order chi connectivity index (χ0) is 15.5. The molecule has 0 aromatic heterocycles. The monoisotopic (exact) mass is 321 g/mol. The Bertz CT molecular complexity index is 516. The van der Waals surface area contributed by atoms with Gasteiger partial charge in [-0.15, -0.1) is 0 Å². The molecule has 4 nitrogen and oxygen atoms in total. The topological polar surface area (TPSA) is 53.2 Å². The van der Waals surface area contributed by atoms with Gasteiger partial charge in [0.25, 0.3) is 0 Å². The minimum atomic E-state index is -4.48. The summed E-state index contributed by atoms with van der Waals surface area (Å²) in [5.41, 5.74) is -0.915. The number of anilines is 1. The van der Waals surface area contributed by atoms with Gasteiger partial charge < -0.3 is 16.0 Å². The molecule has 0 unspecified atom stereocenters. The molecule has 0 radical (unpaired) electrons. The number of hydrogen-bond donors (Lipinski definition) is 3. The van der Waals surface area contributed by atoms with Crippen molar-refractivity contribution in [2.45, 2.75) is 25.1 Å².